The Labute approximate surface area is 226 Å². The molecule has 0 bridgehead atoms. The fourth-order valence-corrected chi connectivity index (χ4v) is 5.30. The van der Waals surface area contributed by atoms with Crippen LogP contribution in [0.3, 0.4) is 0 Å². The molecule has 4 rings (SSSR count). The molecule has 4 nitrogen and oxygen atoms in total. The van der Waals surface area contributed by atoms with E-state index >= 15 is 0 Å². The number of nitrogens with one attached hydrogen (secondary N) is 1. The van der Waals surface area contributed by atoms with Crippen molar-refractivity contribution >= 4 is 23.4 Å². The Morgan fingerprint density at radius 2 is 1.57 bits per heavy atom. The van der Waals surface area contributed by atoms with Crippen LogP contribution in [-0.2, 0) is 35.4 Å². The van der Waals surface area contributed by atoms with Crippen LogP contribution in [0.1, 0.15) is 61.3 Å². The van der Waals surface area contributed by atoms with Crippen LogP contribution in [0.2, 0.25) is 5.02 Å². The van der Waals surface area contributed by atoms with Crippen molar-refractivity contribution in [3.63, 3.8) is 0 Å². The lowest BCUT2D eigenvalue weighted by molar-refractivity contribution is -0.141. The van der Waals surface area contributed by atoms with Crippen molar-refractivity contribution in [2.75, 3.05) is 0 Å². The zero-order valence-electron chi connectivity index (χ0n) is 21.7. The molecule has 3 aromatic carbocycles. The highest BCUT2D eigenvalue weighted by Gasteiger charge is 2.32. The van der Waals surface area contributed by atoms with Crippen LogP contribution in [0.25, 0.3) is 0 Å². The van der Waals surface area contributed by atoms with E-state index in [1.54, 1.807) is 4.90 Å². The first-order valence-electron chi connectivity index (χ1n) is 13.5. The molecule has 0 unspecified atom stereocenters. The van der Waals surface area contributed by atoms with Crippen molar-refractivity contribution in [1.29, 1.82) is 0 Å². The molecule has 37 heavy (non-hydrogen) atoms. The molecule has 3 aromatic rings. The molecule has 0 aliphatic heterocycles. The Morgan fingerprint density at radius 1 is 0.892 bits per heavy atom. The van der Waals surface area contributed by atoms with E-state index in [4.69, 9.17) is 11.6 Å². The zero-order chi connectivity index (χ0) is 26.0. The smallest absolute Gasteiger partial charge is 0.243 e. The van der Waals surface area contributed by atoms with E-state index in [9.17, 15) is 9.59 Å². The van der Waals surface area contributed by atoms with Crippen molar-refractivity contribution in [1.82, 2.24) is 10.2 Å². The van der Waals surface area contributed by atoms with E-state index in [1.807, 2.05) is 54.6 Å². The van der Waals surface area contributed by atoms with Crippen LogP contribution in [0.15, 0.2) is 78.9 Å². The Hall–Kier alpha value is -3.11. The number of halogens is 1. The van der Waals surface area contributed by atoms with Gasteiger partial charge in [0.2, 0.25) is 11.8 Å². The topological polar surface area (TPSA) is 49.4 Å². The minimum Gasteiger partial charge on any atom is -0.352 e. The van der Waals surface area contributed by atoms with E-state index in [-0.39, 0.29) is 17.9 Å². The Balaban J connectivity index is 1.59. The molecular formula is C32H37ClN2O2. The standard InChI is InChI=1S/C32H37ClN2O2/c1-2-24-15-17-25(18-16-24)19-20-31(36)35(23-27-11-8-12-28(33)21-27)30(22-26-9-4-3-5-10-26)32(37)34-29-13-6-7-14-29/h3-5,8-12,15-18,21,29-30H,2,6-7,13-14,19-20,22-23H2,1H3,(H,34,37)/t30-/m1/s1. The molecule has 2 amide bonds. The monoisotopic (exact) mass is 516 g/mol. The second kappa shape index (κ2) is 13.4. The molecule has 1 aliphatic rings. The maximum Gasteiger partial charge on any atom is 0.243 e. The third-order valence-corrected chi connectivity index (χ3v) is 7.51. The lowest BCUT2D eigenvalue weighted by Crippen LogP contribution is -2.52. The third-order valence-electron chi connectivity index (χ3n) is 7.27. The molecule has 1 aliphatic carbocycles. The number of aryl methyl sites for hydroxylation is 2. The van der Waals surface area contributed by atoms with Gasteiger partial charge in [0.1, 0.15) is 6.04 Å². The van der Waals surface area contributed by atoms with Crippen molar-refractivity contribution in [3.05, 3.63) is 106 Å². The summed E-state index contributed by atoms with van der Waals surface area (Å²) in [5, 5.41) is 3.88. The molecule has 194 valence electrons. The van der Waals surface area contributed by atoms with Crippen molar-refractivity contribution in [3.8, 4) is 0 Å². The number of rotatable bonds is 11. The summed E-state index contributed by atoms with van der Waals surface area (Å²) in [6.45, 7) is 2.47. The molecule has 0 saturated heterocycles. The van der Waals surface area contributed by atoms with Crippen LogP contribution in [0.5, 0.6) is 0 Å². The lowest BCUT2D eigenvalue weighted by atomic mass is 10.0. The quantitative estimate of drug-likeness (QED) is 0.315. The highest BCUT2D eigenvalue weighted by molar-refractivity contribution is 6.30. The summed E-state index contributed by atoms with van der Waals surface area (Å²) < 4.78 is 0. The Bertz CT molecular complexity index is 1160. The average molecular weight is 517 g/mol. The van der Waals surface area contributed by atoms with Gasteiger partial charge in [-0.05, 0) is 60.1 Å². The van der Waals surface area contributed by atoms with Crippen molar-refractivity contribution in [2.45, 2.75) is 76.9 Å². The number of hydrogen-bond donors (Lipinski definition) is 1. The second-order valence-electron chi connectivity index (χ2n) is 10.0. The van der Waals surface area contributed by atoms with Crippen LogP contribution < -0.4 is 5.32 Å². The lowest BCUT2D eigenvalue weighted by Gasteiger charge is -2.32. The SMILES string of the molecule is CCc1ccc(CCC(=O)N(Cc2cccc(Cl)c2)[C@H](Cc2ccccc2)C(=O)NC2CCCC2)cc1. The maximum atomic E-state index is 13.8. The number of amides is 2. The van der Waals surface area contributed by atoms with E-state index in [1.165, 1.54) is 5.56 Å². The van der Waals surface area contributed by atoms with Crippen LogP contribution in [0, 0.1) is 0 Å². The van der Waals surface area contributed by atoms with E-state index in [2.05, 4.69) is 36.5 Å². The molecule has 0 radical (unpaired) electrons. The van der Waals surface area contributed by atoms with E-state index < -0.39 is 6.04 Å². The van der Waals surface area contributed by atoms with Crippen molar-refractivity contribution < 1.29 is 9.59 Å². The molecule has 1 N–H and O–H groups in total. The number of benzene rings is 3. The summed E-state index contributed by atoms with van der Waals surface area (Å²) in [5.74, 6) is -0.0968. The molecular weight excluding hydrogens is 480 g/mol. The predicted octanol–water partition coefficient (Wildman–Crippen LogP) is 6.53. The summed E-state index contributed by atoms with van der Waals surface area (Å²) in [7, 11) is 0. The van der Waals surface area contributed by atoms with Gasteiger partial charge in [0, 0.05) is 30.5 Å². The molecule has 1 saturated carbocycles. The first kappa shape index (κ1) is 26.9. The van der Waals surface area contributed by atoms with Crippen LogP contribution >= 0.6 is 11.6 Å². The summed E-state index contributed by atoms with van der Waals surface area (Å²) in [5.41, 5.74) is 4.36. The van der Waals surface area contributed by atoms with Crippen molar-refractivity contribution in [2.24, 2.45) is 0 Å². The van der Waals surface area contributed by atoms with Crippen LogP contribution in [-0.4, -0.2) is 28.8 Å². The highest BCUT2D eigenvalue weighted by Crippen LogP contribution is 2.22. The molecule has 0 heterocycles. The second-order valence-corrected chi connectivity index (χ2v) is 10.5. The third kappa shape index (κ3) is 7.93. The van der Waals surface area contributed by atoms with E-state index in [0.717, 1.165) is 48.8 Å². The average Bonchev–Trinajstić information content (AvgIpc) is 3.43. The van der Waals surface area contributed by atoms with Gasteiger partial charge in [0.05, 0.1) is 0 Å². The predicted molar refractivity (Wildman–Crippen MR) is 150 cm³/mol. The number of nitrogens with zero attached hydrogens (tertiary/aromatic N) is 1. The van der Waals surface area contributed by atoms with Gasteiger partial charge in [-0.15, -0.1) is 0 Å². The summed E-state index contributed by atoms with van der Waals surface area (Å²) >= 11 is 6.28. The molecule has 0 spiro atoms. The van der Waals surface area contributed by atoms with Gasteiger partial charge in [-0.3, -0.25) is 9.59 Å². The molecule has 0 aromatic heterocycles. The van der Waals surface area contributed by atoms with Gasteiger partial charge in [0.15, 0.2) is 0 Å². The Morgan fingerprint density at radius 3 is 2.24 bits per heavy atom. The number of carbonyl (C=O) groups is 2. The first-order chi connectivity index (χ1) is 18.0. The van der Waals surface area contributed by atoms with Gasteiger partial charge in [-0.25, -0.2) is 0 Å². The van der Waals surface area contributed by atoms with E-state index in [0.29, 0.717) is 30.8 Å². The van der Waals surface area contributed by atoms with Gasteiger partial charge < -0.3 is 10.2 Å². The number of hydrogen-bond acceptors (Lipinski definition) is 2. The summed E-state index contributed by atoms with van der Waals surface area (Å²) in [4.78, 5) is 29.3. The minimum atomic E-state index is -0.600. The fraction of sp³-hybridized carbons (Fsp3) is 0.375. The van der Waals surface area contributed by atoms with Gasteiger partial charge >= 0.3 is 0 Å². The largest absolute Gasteiger partial charge is 0.352 e. The van der Waals surface area contributed by atoms with Gasteiger partial charge in [-0.2, -0.15) is 0 Å². The minimum absolute atomic E-state index is 0.0259. The van der Waals surface area contributed by atoms with Gasteiger partial charge in [0.25, 0.3) is 0 Å². The Kier molecular flexibility index (Phi) is 9.78. The molecule has 5 heteroatoms. The van der Waals surface area contributed by atoms with Gasteiger partial charge in [-0.1, -0.05) is 98.1 Å². The molecule has 1 fully saturated rings. The normalized spacial score (nSPS) is 14.3. The summed E-state index contributed by atoms with van der Waals surface area (Å²) in [6.07, 6.45) is 6.71. The summed E-state index contributed by atoms with van der Waals surface area (Å²) in [6, 6.07) is 25.5. The number of carbonyl (C=O) groups excluding carboxylic acids is 2. The highest BCUT2D eigenvalue weighted by atomic mass is 35.5. The first-order valence-corrected chi connectivity index (χ1v) is 13.9. The zero-order valence-corrected chi connectivity index (χ0v) is 22.4. The molecule has 1 atom stereocenters. The maximum absolute atomic E-state index is 13.8. The fourth-order valence-electron chi connectivity index (χ4n) is 5.09. The van der Waals surface area contributed by atoms with Crippen LogP contribution in [0.4, 0.5) is 0 Å².